The molecule has 3 rings (SSSR count). The molecule has 34 heavy (non-hydrogen) atoms. The number of methoxy groups -OCH3 is 2. The zero-order valence-electron chi connectivity index (χ0n) is 19.6. The van der Waals surface area contributed by atoms with Gasteiger partial charge < -0.3 is 26.3 Å². The summed E-state index contributed by atoms with van der Waals surface area (Å²) in [5.41, 5.74) is 13.2. The number of hydrogen-bond donors (Lipinski definition) is 4. The second kappa shape index (κ2) is 11.3. The predicted molar refractivity (Wildman–Crippen MR) is 134 cm³/mol. The van der Waals surface area contributed by atoms with E-state index in [1.165, 1.54) is 0 Å². The minimum absolute atomic E-state index is 0.102. The Hall–Kier alpha value is -3.84. The Bertz CT molecular complexity index is 1040. The summed E-state index contributed by atoms with van der Waals surface area (Å²) in [5, 5.41) is 10.1. The summed E-state index contributed by atoms with van der Waals surface area (Å²) >= 11 is 0. The first-order chi connectivity index (χ1) is 16.4. The van der Waals surface area contributed by atoms with E-state index in [0.29, 0.717) is 30.9 Å². The minimum atomic E-state index is -1.13. The number of nitrogens with two attached hydrogens (primary N) is 2. The Balaban J connectivity index is 2.16. The van der Waals surface area contributed by atoms with Crippen molar-refractivity contribution in [2.24, 2.45) is 11.5 Å². The molecule has 0 spiro atoms. The smallest absolute Gasteiger partial charge is 0.185 e. The van der Waals surface area contributed by atoms with Crippen LogP contribution in [-0.4, -0.2) is 38.5 Å². The van der Waals surface area contributed by atoms with Crippen LogP contribution in [0.4, 0.5) is 0 Å². The lowest BCUT2D eigenvalue weighted by atomic mass is 9.64. The normalized spacial score (nSPS) is 12.0. The van der Waals surface area contributed by atoms with Gasteiger partial charge in [-0.25, -0.2) is 0 Å². The molecule has 3 aromatic rings. The van der Waals surface area contributed by atoms with Crippen molar-refractivity contribution in [1.82, 2.24) is 5.32 Å². The van der Waals surface area contributed by atoms with E-state index in [0.717, 1.165) is 16.7 Å². The van der Waals surface area contributed by atoms with Crippen molar-refractivity contribution in [3.8, 4) is 11.5 Å². The molecule has 0 radical (unpaired) electrons. The van der Waals surface area contributed by atoms with Gasteiger partial charge in [0.15, 0.2) is 11.7 Å². The molecule has 0 aliphatic carbocycles. The van der Waals surface area contributed by atoms with Crippen molar-refractivity contribution in [3.63, 3.8) is 0 Å². The van der Waals surface area contributed by atoms with Crippen molar-refractivity contribution < 1.29 is 14.3 Å². The Morgan fingerprint density at radius 3 is 1.79 bits per heavy atom. The van der Waals surface area contributed by atoms with E-state index >= 15 is 0 Å². The van der Waals surface area contributed by atoms with E-state index in [9.17, 15) is 4.79 Å². The molecule has 0 aliphatic rings. The van der Waals surface area contributed by atoms with E-state index in [1.807, 2.05) is 78.9 Å². The summed E-state index contributed by atoms with van der Waals surface area (Å²) in [4.78, 5) is 14.3. The van der Waals surface area contributed by atoms with Gasteiger partial charge in [-0.15, -0.1) is 0 Å². The number of carbonyl (C=O) groups is 1. The molecule has 0 saturated heterocycles. The van der Waals surface area contributed by atoms with Gasteiger partial charge in [-0.1, -0.05) is 54.6 Å². The highest BCUT2D eigenvalue weighted by atomic mass is 16.5. The second-order valence-corrected chi connectivity index (χ2v) is 8.03. The third kappa shape index (κ3) is 5.21. The highest BCUT2D eigenvalue weighted by Gasteiger charge is 2.45. The molecular weight excluding hydrogens is 428 g/mol. The fraction of sp³-hybridized carbons (Fsp3) is 0.259. The van der Waals surface area contributed by atoms with E-state index in [-0.39, 0.29) is 11.7 Å². The van der Waals surface area contributed by atoms with E-state index in [4.69, 9.17) is 26.4 Å². The summed E-state index contributed by atoms with van der Waals surface area (Å²) in [7, 11) is 3.22. The number of benzene rings is 3. The van der Waals surface area contributed by atoms with Crippen LogP contribution < -0.4 is 26.3 Å². The Kier molecular flexibility index (Phi) is 8.27. The zero-order chi connectivity index (χ0) is 24.6. The molecule has 0 fully saturated rings. The van der Waals surface area contributed by atoms with Gasteiger partial charge in [0, 0.05) is 6.54 Å². The van der Waals surface area contributed by atoms with E-state index < -0.39 is 11.5 Å². The van der Waals surface area contributed by atoms with Gasteiger partial charge in [-0.3, -0.25) is 10.2 Å². The molecule has 0 aliphatic heterocycles. The second-order valence-electron chi connectivity index (χ2n) is 8.03. The van der Waals surface area contributed by atoms with Gasteiger partial charge in [-0.2, -0.15) is 0 Å². The number of nitrogens with one attached hydrogen (secondary N) is 2. The molecule has 0 heterocycles. The Morgan fingerprint density at radius 2 is 1.35 bits per heavy atom. The van der Waals surface area contributed by atoms with E-state index in [1.54, 1.807) is 14.2 Å². The molecule has 0 amide bonds. The average Bonchev–Trinajstić information content (AvgIpc) is 2.88. The van der Waals surface area contributed by atoms with Gasteiger partial charge in [-0.05, 0) is 53.8 Å². The first kappa shape index (κ1) is 24.8. The Labute approximate surface area is 200 Å². The van der Waals surface area contributed by atoms with Crippen molar-refractivity contribution >= 4 is 11.7 Å². The molecule has 0 saturated carbocycles. The first-order valence-electron chi connectivity index (χ1n) is 11.2. The zero-order valence-corrected chi connectivity index (χ0v) is 19.6. The molecule has 7 heteroatoms. The van der Waals surface area contributed by atoms with Crippen LogP contribution >= 0.6 is 0 Å². The van der Waals surface area contributed by atoms with Crippen molar-refractivity contribution in [2.75, 3.05) is 20.8 Å². The third-order valence-corrected chi connectivity index (χ3v) is 5.97. The highest BCUT2D eigenvalue weighted by Crippen LogP contribution is 2.42. The third-order valence-electron chi connectivity index (χ3n) is 5.97. The minimum Gasteiger partial charge on any atom is -0.497 e. The lowest BCUT2D eigenvalue weighted by molar-refractivity contribution is -0.123. The molecule has 7 nitrogen and oxygen atoms in total. The average molecular weight is 461 g/mol. The molecule has 0 bridgehead atoms. The summed E-state index contributed by atoms with van der Waals surface area (Å²) < 4.78 is 10.7. The van der Waals surface area contributed by atoms with Gasteiger partial charge in [0.25, 0.3) is 0 Å². The number of hydrogen-bond acceptors (Lipinski definition) is 5. The van der Waals surface area contributed by atoms with Crippen LogP contribution in [0.5, 0.6) is 11.5 Å². The van der Waals surface area contributed by atoms with Crippen LogP contribution in [0.15, 0.2) is 78.9 Å². The number of ketones is 1. The summed E-state index contributed by atoms with van der Waals surface area (Å²) in [6.07, 6.45) is 1.04. The fourth-order valence-electron chi connectivity index (χ4n) is 4.25. The lowest BCUT2D eigenvalue weighted by Gasteiger charge is -2.36. The van der Waals surface area contributed by atoms with Crippen LogP contribution in [0.3, 0.4) is 0 Å². The SMILES string of the molecule is COc1ccc(C(C(=O)[C@H](N)CCCNC(=N)N)(c2ccccc2)c2ccc(OC)cc2)cc1. The molecule has 0 unspecified atom stereocenters. The largest absolute Gasteiger partial charge is 0.497 e. The molecule has 6 N–H and O–H groups in total. The van der Waals surface area contributed by atoms with Crippen LogP contribution in [0, 0.1) is 5.41 Å². The maximum atomic E-state index is 14.3. The van der Waals surface area contributed by atoms with Gasteiger partial charge in [0.2, 0.25) is 0 Å². The topological polar surface area (TPSA) is 123 Å². The van der Waals surface area contributed by atoms with Crippen LogP contribution in [0.25, 0.3) is 0 Å². The van der Waals surface area contributed by atoms with E-state index in [2.05, 4.69) is 5.32 Å². The summed E-state index contributed by atoms with van der Waals surface area (Å²) in [6.45, 7) is 0.472. The maximum Gasteiger partial charge on any atom is 0.185 e. The number of Topliss-reactive ketones (excluding diaryl/α,β-unsaturated/α-hetero) is 1. The van der Waals surface area contributed by atoms with Crippen molar-refractivity contribution in [2.45, 2.75) is 24.3 Å². The molecule has 3 aromatic carbocycles. The molecule has 178 valence electrons. The van der Waals surface area contributed by atoms with Crippen LogP contribution in [-0.2, 0) is 10.2 Å². The fourth-order valence-corrected chi connectivity index (χ4v) is 4.25. The van der Waals surface area contributed by atoms with Crippen molar-refractivity contribution in [3.05, 3.63) is 95.6 Å². The quantitative estimate of drug-likeness (QED) is 0.151. The van der Waals surface area contributed by atoms with Gasteiger partial charge in [0.05, 0.1) is 20.3 Å². The lowest BCUT2D eigenvalue weighted by Crippen LogP contribution is -2.48. The van der Waals surface area contributed by atoms with Crippen molar-refractivity contribution in [1.29, 1.82) is 5.41 Å². The summed E-state index contributed by atoms with van der Waals surface area (Å²) in [6, 6.07) is 24.0. The standard InChI is InChI=1S/C27H32N4O3/c1-33-22-14-10-20(11-15-22)27(19-7-4-3-5-8-19,21-12-16-23(34-2)17-13-21)25(32)24(28)9-6-18-31-26(29)30/h3-5,7-8,10-17,24H,6,9,18,28H2,1-2H3,(H4,29,30,31)/t24-/m1/s1. The maximum absolute atomic E-state index is 14.3. The monoisotopic (exact) mass is 460 g/mol. The Morgan fingerprint density at radius 1 is 0.882 bits per heavy atom. The predicted octanol–water partition coefficient (Wildman–Crippen LogP) is 3.20. The van der Waals surface area contributed by atoms with Gasteiger partial charge >= 0.3 is 0 Å². The van der Waals surface area contributed by atoms with Crippen LogP contribution in [0.2, 0.25) is 0 Å². The first-order valence-corrected chi connectivity index (χ1v) is 11.2. The van der Waals surface area contributed by atoms with Gasteiger partial charge in [0.1, 0.15) is 16.9 Å². The summed E-state index contributed by atoms with van der Waals surface area (Å²) in [5.74, 6) is 1.19. The number of ether oxygens (including phenoxy) is 2. The number of guanidine groups is 1. The number of carbonyl (C=O) groups excluding carboxylic acids is 1. The van der Waals surface area contributed by atoms with Crippen LogP contribution in [0.1, 0.15) is 29.5 Å². The molecule has 1 atom stereocenters. The molecular formula is C27H32N4O3. The number of rotatable bonds is 11. The highest BCUT2D eigenvalue weighted by molar-refractivity contribution is 6.01. The molecule has 0 aromatic heterocycles.